The molecule has 1 N–H and O–H groups in total. The highest BCUT2D eigenvalue weighted by Gasteiger charge is 2.20. The molecule has 0 saturated carbocycles. The zero-order valence-corrected chi connectivity index (χ0v) is 13.1. The number of anilines is 2. The van der Waals surface area contributed by atoms with Gasteiger partial charge in [0.2, 0.25) is 0 Å². The van der Waals surface area contributed by atoms with E-state index < -0.39 is 0 Å². The van der Waals surface area contributed by atoms with Gasteiger partial charge in [-0.15, -0.1) is 0 Å². The summed E-state index contributed by atoms with van der Waals surface area (Å²) >= 11 is 0. The van der Waals surface area contributed by atoms with Gasteiger partial charge in [0.15, 0.2) is 0 Å². The van der Waals surface area contributed by atoms with Crippen molar-refractivity contribution in [1.29, 1.82) is 0 Å². The number of furan rings is 1. The summed E-state index contributed by atoms with van der Waals surface area (Å²) in [7, 11) is 0. The maximum Gasteiger partial charge on any atom is 0.270 e. The van der Waals surface area contributed by atoms with Gasteiger partial charge in [-0.1, -0.05) is 18.2 Å². The third kappa shape index (κ3) is 2.76. The Morgan fingerprint density at radius 2 is 2.08 bits per heavy atom. The van der Waals surface area contributed by atoms with E-state index in [1.54, 1.807) is 24.6 Å². The molecule has 0 saturated heterocycles. The van der Waals surface area contributed by atoms with E-state index in [9.17, 15) is 4.79 Å². The minimum Gasteiger partial charge on any atom is -0.467 e. The van der Waals surface area contributed by atoms with Gasteiger partial charge in [0.25, 0.3) is 5.91 Å². The van der Waals surface area contributed by atoms with Gasteiger partial charge in [-0.05, 0) is 42.3 Å². The van der Waals surface area contributed by atoms with Crippen molar-refractivity contribution >= 4 is 17.3 Å². The van der Waals surface area contributed by atoms with Crippen molar-refractivity contribution in [3.8, 4) is 0 Å². The highest BCUT2D eigenvalue weighted by molar-refractivity contribution is 5.92. The van der Waals surface area contributed by atoms with Gasteiger partial charge in [-0.3, -0.25) is 4.79 Å². The lowest BCUT2D eigenvalue weighted by Crippen LogP contribution is -2.23. The van der Waals surface area contributed by atoms with Crippen LogP contribution in [0.25, 0.3) is 0 Å². The Morgan fingerprint density at radius 3 is 2.88 bits per heavy atom. The summed E-state index contributed by atoms with van der Waals surface area (Å²) in [5.41, 5.74) is 3.97. The number of aromatic nitrogens is 1. The molecule has 0 spiro atoms. The number of nitrogens with one attached hydrogen (secondary N) is 1. The third-order valence-corrected chi connectivity index (χ3v) is 4.18. The van der Waals surface area contributed by atoms with E-state index in [-0.39, 0.29) is 5.91 Å². The molecular weight excluding hydrogens is 302 g/mol. The molecule has 5 heteroatoms. The molecule has 0 aliphatic carbocycles. The summed E-state index contributed by atoms with van der Waals surface area (Å²) in [6, 6.07) is 15.7. The Balaban J connectivity index is 1.46. The van der Waals surface area contributed by atoms with E-state index in [1.165, 1.54) is 11.3 Å². The Morgan fingerprint density at radius 1 is 1.17 bits per heavy atom. The van der Waals surface area contributed by atoms with Gasteiger partial charge < -0.3 is 14.6 Å². The van der Waals surface area contributed by atoms with Gasteiger partial charge in [0.05, 0.1) is 24.7 Å². The average Bonchev–Trinajstić information content (AvgIpc) is 3.29. The minimum absolute atomic E-state index is 0.209. The van der Waals surface area contributed by atoms with Crippen LogP contribution < -0.4 is 10.2 Å². The minimum atomic E-state index is -0.209. The van der Waals surface area contributed by atoms with E-state index in [0.29, 0.717) is 18.0 Å². The summed E-state index contributed by atoms with van der Waals surface area (Å²) in [6.07, 6.45) is 4.37. The van der Waals surface area contributed by atoms with Gasteiger partial charge >= 0.3 is 0 Å². The Labute approximate surface area is 139 Å². The maximum atomic E-state index is 12.1. The molecule has 0 fully saturated rings. The topological polar surface area (TPSA) is 58.4 Å². The quantitative estimate of drug-likeness (QED) is 0.801. The molecular formula is C19H17N3O2. The number of fused-ring (bicyclic) bond motifs is 1. The smallest absolute Gasteiger partial charge is 0.270 e. The molecule has 120 valence electrons. The normalized spacial score (nSPS) is 12.9. The van der Waals surface area contributed by atoms with Crippen LogP contribution in [0, 0.1) is 0 Å². The van der Waals surface area contributed by atoms with Crippen molar-refractivity contribution in [3.63, 3.8) is 0 Å². The average molecular weight is 319 g/mol. The summed E-state index contributed by atoms with van der Waals surface area (Å²) in [6.45, 7) is 1.29. The number of para-hydroxylation sites is 1. The number of hydrogen-bond acceptors (Lipinski definition) is 4. The predicted octanol–water partition coefficient (Wildman–Crippen LogP) is 3.30. The second-order valence-corrected chi connectivity index (χ2v) is 5.69. The first kappa shape index (κ1) is 14.5. The number of pyridine rings is 1. The number of carbonyl (C=O) groups is 1. The van der Waals surface area contributed by atoms with E-state index in [0.717, 1.165) is 18.7 Å². The van der Waals surface area contributed by atoms with E-state index in [4.69, 9.17) is 4.42 Å². The Hall–Kier alpha value is -3.08. The number of carbonyl (C=O) groups excluding carboxylic acids is 1. The van der Waals surface area contributed by atoms with Crippen LogP contribution in [-0.4, -0.2) is 17.4 Å². The highest BCUT2D eigenvalue weighted by Crippen LogP contribution is 2.33. The van der Waals surface area contributed by atoms with Crippen LogP contribution in [0.3, 0.4) is 0 Å². The van der Waals surface area contributed by atoms with Crippen molar-refractivity contribution in [1.82, 2.24) is 10.3 Å². The fourth-order valence-electron chi connectivity index (χ4n) is 2.96. The third-order valence-electron chi connectivity index (χ3n) is 4.18. The number of amides is 1. The lowest BCUT2D eigenvalue weighted by Gasteiger charge is -2.19. The standard InChI is InChI=1S/C19H17N3O2/c23-19(21-13-16-5-3-11-24-16)17-8-7-15(12-20-17)22-10-9-14-4-1-2-6-18(14)22/h1-8,11-12H,9-10,13H2,(H,21,23). The molecule has 0 radical (unpaired) electrons. The summed E-state index contributed by atoms with van der Waals surface area (Å²) in [5, 5.41) is 2.80. The van der Waals surface area contributed by atoms with E-state index in [2.05, 4.69) is 33.4 Å². The van der Waals surface area contributed by atoms with Gasteiger partial charge in [0, 0.05) is 12.2 Å². The molecule has 3 heterocycles. The first-order chi connectivity index (χ1) is 11.8. The SMILES string of the molecule is O=C(NCc1ccco1)c1ccc(N2CCc3ccccc32)cn1. The Bertz CT molecular complexity index is 841. The number of benzene rings is 1. The molecule has 0 atom stereocenters. The molecule has 0 bridgehead atoms. The molecule has 1 amide bonds. The molecule has 24 heavy (non-hydrogen) atoms. The van der Waals surface area contributed by atoms with Gasteiger partial charge in [-0.25, -0.2) is 4.98 Å². The van der Waals surface area contributed by atoms with Crippen molar-refractivity contribution in [3.05, 3.63) is 78.0 Å². The fourth-order valence-corrected chi connectivity index (χ4v) is 2.96. The highest BCUT2D eigenvalue weighted by atomic mass is 16.3. The molecule has 1 aliphatic heterocycles. The molecule has 3 aromatic rings. The molecule has 1 aromatic carbocycles. The van der Waals surface area contributed by atoms with Crippen molar-refractivity contribution < 1.29 is 9.21 Å². The fraction of sp³-hybridized carbons (Fsp3) is 0.158. The predicted molar refractivity (Wildman–Crippen MR) is 91.3 cm³/mol. The maximum absolute atomic E-state index is 12.1. The van der Waals surface area contributed by atoms with Crippen LogP contribution in [-0.2, 0) is 13.0 Å². The molecule has 5 nitrogen and oxygen atoms in total. The lowest BCUT2D eigenvalue weighted by molar-refractivity contribution is 0.0943. The second kappa shape index (κ2) is 6.20. The Kier molecular flexibility index (Phi) is 3.75. The van der Waals surface area contributed by atoms with Gasteiger partial charge in [-0.2, -0.15) is 0 Å². The molecule has 4 rings (SSSR count). The molecule has 2 aromatic heterocycles. The molecule has 1 aliphatic rings. The lowest BCUT2D eigenvalue weighted by atomic mass is 10.2. The number of rotatable bonds is 4. The van der Waals surface area contributed by atoms with E-state index >= 15 is 0 Å². The number of hydrogen-bond donors (Lipinski definition) is 1. The van der Waals surface area contributed by atoms with Crippen molar-refractivity contribution in [2.45, 2.75) is 13.0 Å². The first-order valence-corrected chi connectivity index (χ1v) is 7.93. The number of nitrogens with zero attached hydrogens (tertiary/aromatic N) is 2. The summed E-state index contributed by atoms with van der Waals surface area (Å²) in [4.78, 5) is 18.7. The zero-order valence-electron chi connectivity index (χ0n) is 13.1. The monoisotopic (exact) mass is 319 g/mol. The zero-order chi connectivity index (χ0) is 16.4. The van der Waals surface area contributed by atoms with Crippen LogP contribution in [0.1, 0.15) is 21.8 Å². The van der Waals surface area contributed by atoms with Crippen LogP contribution >= 0.6 is 0 Å². The van der Waals surface area contributed by atoms with Crippen LogP contribution in [0.15, 0.2) is 65.4 Å². The van der Waals surface area contributed by atoms with Crippen LogP contribution in [0.2, 0.25) is 0 Å². The summed E-state index contributed by atoms with van der Waals surface area (Å²) < 4.78 is 5.20. The largest absolute Gasteiger partial charge is 0.467 e. The van der Waals surface area contributed by atoms with Gasteiger partial charge in [0.1, 0.15) is 11.5 Å². The van der Waals surface area contributed by atoms with Crippen molar-refractivity contribution in [2.75, 3.05) is 11.4 Å². The van der Waals surface area contributed by atoms with Crippen LogP contribution in [0.5, 0.6) is 0 Å². The second-order valence-electron chi connectivity index (χ2n) is 5.69. The van der Waals surface area contributed by atoms with Crippen LogP contribution in [0.4, 0.5) is 11.4 Å². The van der Waals surface area contributed by atoms with Crippen molar-refractivity contribution in [2.24, 2.45) is 0 Å². The summed E-state index contributed by atoms with van der Waals surface area (Å²) in [5.74, 6) is 0.508. The first-order valence-electron chi connectivity index (χ1n) is 7.93. The molecule has 0 unspecified atom stereocenters. The van der Waals surface area contributed by atoms with E-state index in [1.807, 2.05) is 18.2 Å².